The molecule has 0 saturated heterocycles. The zero-order valence-electron chi connectivity index (χ0n) is 20.5. The lowest BCUT2D eigenvalue weighted by Gasteiger charge is -2.43. The van der Waals surface area contributed by atoms with Gasteiger partial charge in [-0.15, -0.1) is 0 Å². The summed E-state index contributed by atoms with van der Waals surface area (Å²) in [5.74, 6) is 0. The van der Waals surface area contributed by atoms with Crippen LogP contribution in [0.2, 0.25) is 0 Å². The van der Waals surface area contributed by atoms with Gasteiger partial charge in [-0.25, -0.2) is 9.78 Å². The van der Waals surface area contributed by atoms with Crippen LogP contribution in [0.25, 0.3) is 34.2 Å². The topological polar surface area (TPSA) is 55.6 Å². The monoisotopic (exact) mass is 465 g/mol. The molecule has 1 saturated carbocycles. The second kappa shape index (κ2) is 8.73. The van der Waals surface area contributed by atoms with Gasteiger partial charge in [-0.2, -0.15) is 0 Å². The number of hydrogen-bond acceptors (Lipinski definition) is 3. The highest BCUT2D eigenvalue weighted by atomic mass is 16.6. The van der Waals surface area contributed by atoms with Gasteiger partial charge in [0.15, 0.2) is 0 Å². The van der Waals surface area contributed by atoms with Gasteiger partial charge in [-0.1, -0.05) is 67.3 Å². The van der Waals surface area contributed by atoms with Crippen LogP contribution in [0.4, 0.5) is 4.79 Å². The Hall–Kier alpha value is -3.86. The predicted octanol–water partition coefficient (Wildman–Crippen LogP) is 7.22. The fourth-order valence-corrected chi connectivity index (χ4v) is 4.72. The number of nitrogens with one attached hydrogen (secondary N) is 1. The predicted molar refractivity (Wildman–Crippen MR) is 141 cm³/mol. The zero-order valence-corrected chi connectivity index (χ0v) is 20.5. The number of benzene rings is 2. The smallest absolute Gasteiger partial charge is 0.408 e. The molecule has 2 heterocycles. The number of hydrogen-bond donors (Lipinski definition) is 1. The summed E-state index contributed by atoms with van der Waals surface area (Å²) in [6.45, 7) is 9.56. The Morgan fingerprint density at radius 2 is 1.74 bits per heavy atom. The van der Waals surface area contributed by atoms with E-state index in [9.17, 15) is 4.79 Å². The molecular formula is C30H31N3O2. The Kier molecular flexibility index (Phi) is 5.72. The number of amides is 1. The maximum absolute atomic E-state index is 12.5. The molecule has 35 heavy (non-hydrogen) atoms. The van der Waals surface area contributed by atoms with Crippen LogP contribution in [0.1, 0.15) is 51.2 Å². The molecule has 0 unspecified atom stereocenters. The number of alkyl carbamates (subject to hydrolysis) is 1. The van der Waals surface area contributed by atoms with E-state index >= 15 is 0 Å². The molecule has 5 heteroatoms. The van der Waals surface area contributed by atoms with Crippen LogP contribution in [0.15, 0.2) is 79.5 Å². The lowest BCUT2D eigenvalue weighted by Crippen LogP contribution is -2.52. The summed E-state index contributed by atoms with van der Waals surface area (Å²) in [5.41, 5.74) is 6.21. The minimum atomic E-state index is -0.526. The highest BCUT2D eigenvalue weighted by Gasteiger charge is 2.41. The van der Waals surface area contributed by atoms with Gasteiger partial charge in [0, 0.05) is 17.3 Å². The number of aromatic nitrogens is 2. The van der Waals surface area contributed by atoms with Gasteiger partial charge < -0.3 is 10.1 Å². The quantitative estimate of drug-likeness (QED) is 0.339. The van der Waals surface area contributed by atoms with Crippen molar-refractivity contribution in [2.75, 3.05) is 0 Å². The first kappa shape index (κ1) is 22.9. The summed E-state index contributed by atoms with van der Waals surface area (Å²) >= 11 is 0. The van der Waals surface area contributed by atoms with Crippen LogP contribution in [0.5, 0.6) is 0 Å². The van der Waals surface area contributed by atoms with Gasteiger partial charge in [0.2, 0.25) is 0 Å². The minimum absolute atomic E-state index is 0.369. The van der Waals surface area contributed by atoms with Crippen molar-refractivity contribution >= 4 is 17.8 Å². The van der Waals surface area contributed by atoms with Crippen molar-refractivity contribution in [3.63, 3.8) is 0 Å². The summed E-state index contributed by atoms with van der Waals surface area (Å²) in [7, 11) is 0. The zero-order chi connectivity index (χ0) is 24.6. The van der Waals surface area contributed by atoms with E-state index < -0.39 is 5.60 Å². The van der Waals surface area contributed by atoms with Crippen molar-refractivity contribution in [3.05, 3.63) is 90.6 Å². The Morgan fingerprint density at radius 1 is 1.03 bits per heavy atom. The molecule has 1 aliphatic carbocycles. The second-order valence-electron chi connectivity index (χ2n) is 10.2. The van der Waals surface area contributed by atoms with E-state index in [1.807, 2.05) is 57.2 Å². The molecule has 2 aromatic heterocycles. The van der Waals surface area contributed by atoms with Crippen LogP contribution in [-0.2, 0) is 10.3 Å². The van der Waals surface area contributed by atoms with Crippen molar-refractivity contribution in [1.29, 1.82) is 0 Å². The number of carbonyl (C=O) groups is 1. The largest absolute Gasteiger partial charge is 0.444 e. The third kappa shape index (κ3) is 4.46. The van der Waals surface area contributed by atoms with E-state index in [1.165, 1.54) is 0 Å². The molecule has 0 atom stereocenters. The van der Waals surface area contributed by atoms with Crippen LogP contribution in [0.3, 0.4) is 0 Å². The normalized spacial score (nSPS) is 14.8. The summed E-state index contributed by atoms with van der Waals surface area (Å²) in [4.78, 5) is 17.5. The van der Waals surface area contributed by atoms with E-state index in [0.29, 0.717) is 0 Å². The van der Waals surface area contributed by atoms with Crippen molar-refractivity contribution in [2.45, 2.75) is 51.2 Å². The first-order valence-corrected chi connectivity index (χ1v) is 12.1. The molecule has 178 valence electrons. The minimum Gasteiger partial charge on any atom is -0.444 e. The van der Waals surface area contributed by atoms with Gasteiger partial charge in [0.1, 0.15) is 11.2 Å². The van der Waals surface area contributed by atoms with Crippen molar-refractivity contribution in [1.82, 2.24) is 14.7 Å². The third-order valence-electron chi connectivity index (χ3n) is 6.58. The molecule has 0 aliphatic heterocycles. The van der Waals surface area contributed by atoms with Crippen molar-refractivity contribution in [3.8, 4) is 22.5 Å². The Balaban J connectivity index is 1.53. The van der Waals surface area contributed by atoms with Crippen LogP contribution < -0.4 is 5.32 Å². The molecule has 0 radical (unpaired) electrons. The molecule has 1 N–H and O–H groups in total. The Labute approximate surface area is 206 Å². The van der Waals surface area contributed by atoms with E-state index in [0.717, 1.165) is 58.6 Å². The van der Waals surface area contributed by atoms with E-state index in [-0.39, 0.29) is 11.6 Å². The SMILES string of the molecule is C=Cc1ccc2nc(-c3ccc(C4(NC(=O)OC(C)(C)C)CCC4)cc3)c(-c3ccccc3)n2c1. The number of ether oxygens (including phenoxy) is 1. The van der Waals surface area contributed by atoms with Crippen LogP contribution >= 0.6 is 0 Å². The van der Waals surface area contributed by atoms with Crippen LogP contribution in [0, 0.1) is 0 Å². The third-order valence-corrected chi connectivity index (χ3v) is 6.58. The molecular weight excluding hydrogens is 434 g/mol. The number of nitrogens with zero attached hydrogens (tertiary/aromatic N) is 2. The molecule has 1 fully saturated rings. The average molecular weight is 466 g/mol. The number of fused-ring (bicyclic) bond motifs is 1. The number of carbonyl (C=O) groups excluding carboxylic acids is 1. The van der Waals surface area contributed by atoms with Crippen molar-refractivity contribution in [2.24, 2.45) is 0 Å². The molecule has 5 rings (SSSR count). The van der Waals surface area contributed by atoms with Crippen LogP contribution in [-0.4, -0.2) is 21.1 Å². The number of rotatable bonds is 5. The van der Waals surface area contributed by atoms with Crippen molar-refractivity contribution < 1.29 is 9.53 Å². The Bertz CT molecular complexity index is 1380. The summed E-state index contributed by atoms with van der Waals surface area (Å²) in [5, 5.41) is 3.14. The fourth-order valence-electron chi connectivity index (χ4n) is 4.72. The highest BCUT2D eigenvalue weighted by Crippen LogP contribution is 2.42. The van der Waals surface area contributed by atoms with Gasteiger partial charge in [-0.3, -0.25) is 4.40 Å². The molecule has 1 aliphatic rings. The summed E-state index contributed by atoms with van der Waals surface area (Å²) in [6.07, 6.45) is 6.43. The van der Waals surface area contributed by atoms with Gasteiger partial charge in [0.05, 0.1) is 16.9 Å². The first-order chi connectivity index (χ1) is 16.8. The summed E-state index contributed by atoms with van der Waals surface area (Å²) in [6, 6.07) is 22.8. The summed E-state index contributed by atoms with van der Waals surface area (Å²) < 4.78 is 7.66. The molecule has 0 spiro atoms. The molecule has 1 amide bonds. The number of pyridine rings is 1. The lowest BCUT2D eigenvalue weighted by molar-refractivity contribution is 0.0377. The number of imidazole rings is 1. The van der Waals surface area contributed by atoms with E-state index in [2.05, 4.69) is 58.9 Å². The maximum Gasteiger partial charge on any atom is 0.408 e. The highest BCUT2D eigenvalue weighted by molar-refractivity contribution is 5.82. The first-order valence-electron chi connectivity index (χ1n) is 12.1. The maximum atomic E-state index is 12.5. The molecule has 5 nitrogen and oxygen atoms in total. The Morgan fingerprint density at radius 3 is 2.34 bits per heavy atom. The molecule has 0 bridgehead atoms. The fraction of sp³-hybridized carbons (Fsp3) is 0.267. The molecule has 4 aromatic rings. The van der Waals surface area contributed by atoms with E-state index in [4.69, 9.17) is 9.72 Å². The molecule has 2 aromatic carbocycles. The lowest BCUT2D eigenvalue weighted by atomic mass is 9.71. The van der Waals surface area contributed by atoms with E-state index in [1.54, 1.807) is 0 Å². The van der Waals surface area contributed by atoms with Gasteiger partial charge in [-0.05, 0) is 63.3 Å². The second-order valence-corrected chi connectivity index (χ2v) is 10.2. The standard InChI is InChI=1S/C30H31N3O2/c1-5-21-12-17-25-31-26(27(33(25)20-21)23-10-7-6-8-11-23)22-13-15-24(16-14-22)30(18-9-19-30)32-28(34)35-29(2,3)4/h5-8,10-17,20H,1,9,18-19H2,2-4H3,(H,32,34). The van der Waals surface area contributed by atoms with Gasteiger partial charge in [0.25, 0.3) is 0 Å². The average Bonchev–Trinajstić information content (AvgIpc) is 3.19. The van der Waals surface area contributed by atoms with Gasteiger partial charge >= 0.3 is 6.09 Å².